The highest BCUT2D eigenvalue weighted by molar-refractivity contribution is 6.30. The van der Waals surface area contributed by atoms with E-state index < -0.39 is 6.17 Å². The van der Waals surface area contributed by atoms with Gasteiger partial charge >= 0.3 is 0 Å². The molecule has 4 rings (SSSR count). The van der Waals surface area contributed by atoms with Gasteiger partial charge in [0.15, 0.2) is 0 Å². The van der Waals surface area contributed by atoms with Crippen LogP contribution in [0.15, 0.2) is 48.5 Å². The van der Waals surface area contributed by atoms with E-state index in [0.717, 1.165) is 42.5 Å². The van der Waals surface area contributed by atoms with Crippen molar-refractivity contribution in [2.75, 3.05) is 0 Å². The molecule has 204 valence electrons. The Morgan fingerprint density at radius 2 is 1.35 bits per heavy atom. The Morgan fingerprint density at radius 1 is 0.703 bits per heavy atom. The summed E-state index contributed by atoms with van der Waals surface area (Å²) in [4.78, 5) is 0. The largest absolute Gasteiger partial charge is 0.247 e. The van der Waals surface area contributed by atoms with Crippen LogP contribution in [0.3, 0.4) is 0 Å². The standard InChI is InChI=1S/C35H50ClF/c1-2-3-4-5-6-9-27-12-14-28(15-13-27)16-17-30-21-25-34(35(37)26-30)33-11-8-7-10-31(33)22-18-29-19-23-32(36)24-20-29/h7-8,10-11,19-20,23-24,27-28,30,34-35H,2-6,9,12-18,21-22,25-26H2,1H3/t27-,28-,30?,34?,35?. The molecule has 2 saturated carbocycles. The van der Waals surface area contributed by atoms with Crippen molar-refractivity contribution < 1.29 is 4.39 Å². The van der Waals surface area contributed by atoms with Crippen LogP contribution in [0.1, 0.15) is 126 Å². The molecule has 3 unspecified atom stereocenters. The Balaban J connectivity index is 1.18. The molecule has 2 heteroatoms. The second-order valence-electron chi connectivity index (χ2n) is 12.3. The van der Waals surface area contributed by atoms with Gasteiger partial charge in [-0.05, 0) is 78.7 Å². The summed E-state index contributed by atoms with van der Waals surface area (Å²) in [6, 6.07) is 16.8. The lowest BCUT2D eigenvalue weighted by Gasteiger charge is -2.34. The summed E-state index contributed by atoms with van der Waals surface area (Å²) < 4.78 is 15.6. The van der Waals surface area contributed by atoms with Crippen molar-refractivity contribution in [2.45, 2.75) is 128 Å². The molecule has 2 aliphatic rings. The van der Waals surface area contributed by atoms with Crippen molar-refractivity contribution in [2.24, 2.45) is 17.8 Å². The molecule has 2 aliphatic carbocycles. The average molecular weight is 525 g/mol. The maximum absolute atomic E-state index is 15.6. The molecule has 0 aliphatic heterocycles. The lowest BCUT2D eigenvalue weighted by atomic mass is 9.72. The van der Waals surface area contributed by atoms with Crippen molar-refractivity contribution in [1.82, 2.24) is 0 Å². The minimum absolute atomic E-state index is 0.0745. The van der Waals surface area contributed by atoms with Gasteiger partial charge in [0.2, 0.25) is 0 Å². The molecular formula is C35H50ClF. The quantitative estimate of drug-likeness (QED) is 0.228. The summed E-state index contributed by atoms with van der Waals surface area (Å²) in [7, 11) is 0. The topological polar surface area (TPSA) is 0 Å². The Hall–Kier alpha value is -1.34. The van der Waals surface area contributed by atoms with Gasteiger partial charge in [0, 0.05) is 10.9 Å². The van der Waals surface area contributed by atoms with Gasteiger partial charge in [0.1, 0.15) is 6.17 Å². The maximum Gasteiger partial charge on any atom is 0.107 e. The molecule has 0 spiro atoms. The molecule has 0 aromatic heterocycles. The van der Waals surface area contributed by atoms with Crippen LogP contribution in [0.5, 0.6) is 0 Å². The molecule has 0 bridgehead atoms. The van der Waals surface area contributed by atoms with E-state index in [1.54, 1.807) is 0 Å². The van der Waals surface area contributed by atoms with Crippen LogP contribution in [0.2, 0.25) is 5.02 Å². The van der Waals surface area contributed by atoms with E-state index in [2.05, 4.69) is 43.3 Å². The molecule has 0 radical (unpaired) electrons. The molecule has 0 saturated heterocycles. The van der Waals surface area contributed by atoms with Gasteiger partial charge in [0.25, 0.3) is 0 Å². The molecule has 3 atom stereocenters. The van der Waals surface area contributed by atoms with Gasteiger partial charge in [-0.3, -0.25) is 0 Å². The van der Waals surface area contributed by atoms with Crippen LogP contribution < -0.4 is 0 Å². The van der Waals surface area contributed by atoms with E-state index >= 15 is 4.39 Å². The second kappa shape index (κ2) is 15.3. The first-order chi connectivity index (χ1) is 18.1. The first-order valence-electron chi connectivity index (χ1n) is 15.6. The Morgan fingerprint density at radius 3 is 2.08 bits per heavy atom. The Kier molecular flexibility index (Phi) is 11.9. The number of benzene rings is 2. The van der Waals surface area contributed by atoms with Crippen molar-refractivity contribution in [3.8, 4) is 0 Å². The third-order valence-electron chi connectivity index (χ3n) is 9.60. The van der Waals surface area contributed by atoms with E-state index in [9.17, 15) is 0 Å². The average Bonchev–Trinajstić information content (AvgIpc) is 2.92. The van der Waals surface area contributed by atoms with Gasteiger partial charge in [-0.2, -0.15) is 0 Å². The van der Waals surface area contributed by atoms with Crippen molar-refractivity contribution in [3.05, 3.63) is 70.2 Å². The van der Waals surface area contributed by atoms with Gasteiger partial charge < -0.3 is 0 Å². The van der Waals surface area contributed by atoms with Crippen molar-refractivity contribution in [3.63, 3.8) is 0 Å². The van der Waals surface area contributed by atoms with Crippen molar-refractivity contribution >= 4 is 11.6 Å². The summed E-state index contributed by atoms with van der Waals surface area (Å²) in [5, 5.41) is 0.780. The zero-order valence-electron chi connectivity index (χ0n) is 23.3. The summed E-state index contributed by atoms with van der Waals surface area (Å²) >= 11 is 6.04. The SMILES string of the molecule is CCCCCCC[C@H]1CC[C@H](CCC2CCC(c3ccccc3CCc3ccc(Cl)cc3)C(F)C2)CC1. The molecule has 0 heterocycles. The fraction of sp³-hybridized carbons (Fsp3) is 0.657. The van der Waals surface area contributed by atoms with E-state index in [0.29, 0.717) is 5.92 Å². The van der Waals surface area contributed by atoms with Crippen LogP contribution in [-0.4, -0.2) is 6.17 Å². The highest BCUT2D eigenvalue weighted by Gasteiger charge is 2.33. The van der Waals surface area contributed by atoms with Crippen LogP contribution in [0, 0.1) is 17.8 Å². The minimum atomic E-state index is -0.695. The number of hydrogen-bond acceptors (Lipinski definition) is 0. The van der Waals surface area contributed by atoms with Crippen LogP contribution in [0.25, 0.3) is 0 Å². The van der Waals surface area contributed by atoms with E-state index in [4.69, 9.17) is 11.6 Å². The molecule has 2 aromatic carbocycles. The molecule has 0 nitrogen and oxygen atoms in total. The fourth-order valence-electron chi connectivity index (χ4n) is 7.18. The first-order valence-corrected chi connectivity index (χ1v) is 16.0. The third kappa shape index (κ3) is 9.12. The second-order valence-corrected chi connectivity index (χ2v) is 12.7. The van der Waals surface area contributed by atoms with Crippen LogP contribution >= 0.6 is 11.6 Å². The molecule has 37 heavy (non-hydrogen) atoms. The molecule has 0 amide bonds. The zero-order chi connectivity index (χ0) is 25.9. The number of halogens is 2. The van der Waals surface area contributed by atoms with E-state index in [-0.39, 0.29) is 5.92 Å². The summed E-state index contributed by atoms with van der Waals surface area (Å²) in [5.74, 6) is 2.55. The number of rotatable bonds is 13. The van der Waals surface area contributed by atoms with Crippen LogP contribution in [-0.2, 0) is 12.8 Å². The number of unbranched alkanes of at least 4 members (excludes halogenated alkanes) is 4. The van der Waals surface area contributed by atoms with Gasteiger partial charge in [-0.15, -0.1) is 0 Å². The smallest absolute Gasteiger partial charge is 0.107 e. The highest BCUT2D eigenvalue weighted by atomic mass is 35.5. The number of aryl methyl sites for hydroxylation is 2. The summed E-state index contributed by atoms with van der Waals surface area (Å²) in [5.41, 5.74) is 3.88. The zero-order valence-corrected chi connectivity index (χ0v) is 24.0. The predicted molar refractivity (Wildman–Crippen MR) is 158 cm³/mol. The molecule has 0 N–H and O–H groups in total. The van der Waals surface area contributed by atoms with E-state index in [1.807, 2.05) is 12.1 Å². The van der Waals surface area contributed by atoms with Gasteiger partial charge in [-0.1, -0.05) is 132 Å². The van der Waals surface area contributed by atoms with Gasteiger partial charge in [-0.25, -0.2) is 4.39 Å². The van der Waals surface area contributed by atoms with Crippen LogP contribution in [0.4, 0.5) is 4.39 Å². The highest BCUT2D eigenvalue weighted by Crippen LogP contribution is 2.42. The summed E-state index contributed by atoms with van der Waals surface area (Å²) in [6.45, 7) is 2.30. The fourth-order valence-corrected chi connectivity index (χ4v) is 7.31. The lowest BCUT2D eigenvalue weighted by Crippen LogP contribution is -2.26. The lowest BCUT2D eigenvalue weighted by molar-refractivity contribution is 0.152. The van der Waals surface area contributed by atoms with Gasteiger partial charge in [0.05, 0.1) is 0 Å². The maximum atomic E-state index is 15.6. The summed E-state index contributed by atoms with van der Waals surface area (Å²) in [6.07, 6.45) is 21.1. The van der Waals surface area contributed by atoms with Crippen molar-refractivity contribution in [1.29, 1.82) is 0 Å². The Bertz CT molecular complexity index is 898. The predicted octanol–water partition coefficient (Wildman–Crippen LogP) is 11.3. The number of hydrogen-bond donors (Lipinski definition) is 0. The third-order valence-corrected chi connectivity index (χ3v) is 9.85. The normalized spacial score (nSPS) is 26.3. The first kappa shape index (κ1) is 28.7. The monoisotopic (exact) mass is 524 g/mol. The Labute approximate surface area is 231 Å². The molecular weight excluding hydrogens is 475 g/mol. The molecule has 2 fully saturated rings. The van der Waals surface area contributed by atoms with E-state index in [1.165, 1.54) is 100 Å². The number of alkyl halides is 1. The minimum Gasteiger partial charge on any atom is -0.247 e. The molecule has 2 aromatic rings.